The minimum atomic E-state index is -0.936. The van der Waals surface area contributed by atoms with Crippen LogP contribution >= 0.6 is 0 Å². The van der Waals surface area contributed by atoms with Crippen molar-refractivity contribution in [3.05, 3.63) is 0 Å². The number of rotatable bonds is 5. The van der Waals surface area contributed by atoms with Crippen molar-refractivity contribution in [1.82, 2.24) is 5.32 Å². The predicted molar refractivity (Wildman–Crippen MR) is 56.7 cm³/mol. The number of aliphatic carboxylic acids is 1. The van der Waals surface area contributed by atoms with E-state index < -0.39 is 17.9 Å². The van der Waals surface area contributed by atoms with Crippen LogP contribution in [0.2, 0.25) is 0 Å². The van der Waals surface area contributed by atoms with Crippen LogP contribution in [0.25, 0.3) is 0 Å². The fraction of sp³-hybridized carbons (Fsp3) is 0.800. The van der Waals surface area contributed by atoms with E-state index in [0.717, 1.165) is 0 Å². The number of carboxylic acids is 1. The Balaban J connectivity index is 2.47. The maximum Gasteiger partial charge on any atom is 0.311 e. The van der Waals surface area contributed by atoms with E-state index in [1.54, 1.807) is 6.92 Å². The van der Waals surface area contributed by atoms with E-state index in [2.05, 4.69) is 5.32 Å². The van der Waals surface area contributed by atoms with Gasteiger partial charge in [-0.05, 0) is 13.0 Å². The highest BCUT2D eigenvalue weighted by Gasteiger charge is 2.35. The number of hydrogen-bond donors (Lipinski definition) is 3. The maximum absolute atomic E-state index is 11.6. The lowest BCUT2D eigenvalue weighted by atomic mass is 10.0. The van der Waals surface area contributed by atoms with Crippen LogP contribution in [0, 0.1) is 11.8 Å². The Labute approximate surface area is 94.1 Å². The van der Waals surface area contributed by atoms with Crippen LogP contribution in [0.15, 0.2) is 0 Å². The quantitative estimate of drug-likeness (QED) is 0.573. The molecule has 1 saturated heterocycles. The SMILES string of the molecule is CC(CCN)C(=O)NC1COCC1C(=O)O. The summed E-state index contributed by atoms with van der Waals surface area (Å²) in [5.41, 5.74) is 5.35. The van der Waals surface area contributed by atoms with Crippen molar-refractivity contribution < 1.29 is 19.4 Å². The summed E-state index contributed by atoms with van der Waals surface area (Å²) in [5.74, 6) is -1.93. The zero-order chi connectivity index (χ0) is 12.1. The Hall–Kier alpha value is -1.14. The van der Waals surface area contributed by atoms with Gasteiger partial charge in [-0.2, -0.15) is 0 Å². The monoisotopic (exact) mass is 230 g/mol. The number of hydrogen-bond acceptors (Lipinski definition) is 4. The second kappa shape index (κ2) is 5.81. The number of ether oxygens (including phenoxy) is 1. The second-order valence-corrected chi connectivity index (χ2v) is 4.08. The van der Waals surface area contributed by atoms with Crippen LogP contribution in [0.5, 0.6) is 0 Å². The van der Waals surface area contributed by atoms with Gasteiger partial charge in [0.05, 0.1) is 19.3 Å². The molecular weight excluding hydrogens is 212 g/mol. The summed E-state index contributed by atoms with van der Waals surface area (Å²) in [6, 6.07) is -0.426. The molecule has 92 valence electrons. The van der Waals surface area contributed by atoms with Gasteiger partial charge < -0.3 is 20.9 Å². The van der Waals surface area contributed by atoms with Crippen molar-refractivity contribution in [2.45, 2.75) is 19.4 Å². The van der Waals surface area contributed by atoms with Gasteiger partial charge in [-0.25, -0.2) is 0 Å². The summed E-state index contributed by atoms with van der Waals surface area (Å²) in [5, 5.41) is 11.6. The van der Waals surface area contributed by atoms with Gasteiger partial charge in [-0.3, -0.25) is 9.59 Å². The molecule has 6 heteroatoms. The molecule has 0 aliphatic carbocycles. The summed E-state index contributed by atoms with van der Waals surface area (Å²) in [7, 11) is 0. The average molecular weight is 230 g/mol. The molecule has 0 aromatic rings. The molecule has 1 aliphatic rings. The molecule has 1 rings (SSSR count). The van der Waals surface area contributed by atoms with Gasteiger partial charge in [0.2, 0.25) is 5.91 Å². The van der Waals surface area contributed by atoms with Gasteiger partial charge in [0, 0.05) is 5.92 Å². The van der Waals surface area contributed by atoms with Crippen molar-refractivity contribution >= 4 is 11.9 Å². The highest BCUT2D eigenvalue weighted by Crippen LogP contribution is 2.14. The summed E-state index contributed by atoms with van der Waals surface area (Å²) in [6.45, 7) is 2.63. The zero-order valence-electron chi connectivity index (χ0n) is 9.31. The normalized spacial score (nSPS) is 26.4. The Morgan fingerprint density at radius 2 is 2.25 bits per heavy atom. The van der Waals surface area contributed by atoms with Crippen LogP contribution in [0.3, 0.4) is 0 Å². The Kier molecular flexibility index (Phi) is 4.70. The standard InChI is InChI=1S/C10H18N2O4/c1-6(2-3-11)9(13)12-8-5-16-4-7(8)10(14)15/h6-8H,2-5,11H2,1H3,(H,12,13)(H,14,15). The van der Waals surface area contributed by atoms with Crippen molar-refractivity contribution in [3.8, 4) is 0 Å². The number of carboxylic acid groups (broad SMARTS) is 1. The van der Waals surface area contributed by atoms with Gasteiger partial charge in [-0.1, -0.05) is 6.92 Å². The fourth-order valence-corrected chi connectivity index (χ4v) is 1.65. The third-order valence-electron chi connectivity index (χ3n) is 2.77. The van der Waals surface area contributed by atoms with Crippen molar-refractivity contribution in [2.75, 3.05) is 19.8 Å². The molecule has 6 nitrogen and oxygen atoms in total. The number of amides is 1. The summed E-state index contributed by atoms with van der Waals surface area (Å²) in [4.78, 5) is 22.5. The molecule has 0 aromatic heterocycles. The molecule has 0 aromatic carbocycles. The molecule has 1 fully saturated rings. The predicted octanol–water partition coefficient (Wildman–Crippen LogP) is -0.813. The van der Waals surface area contributed by atoms with E-state index in [1.807, 2.05) is 0 Å². The lowest BCUT2D eigenvalue weighted by Crippen LogP contribution is -2.44. The molecule has 16 heavy (non-hydrogen) atoms. The van der Waals surface area contributed by atoms with Crippen LogP contribution in [-0.2, 0) is 14.3 Å². The highest BCUT2D eigenvalue weighted by atomic mass is 16.5. The number of nitrogens with one attached hydrogen (secondary N) is 1. The second-order valence-electron chi connectivity index (χ2n) is 4.08. The van der Waals surface area contributed by atoms with Gasteiger partial charge in [-0.15, -0.1) is 0 Å². The summed E-state index contributed by atoms with van der Waals surface area (Å²) < 4.78 is 5.05. The Morgan fingerprint density at radius 1 is 1.56 bits per heavy atom. The van der Waals surface area contributed by atoms with Crippen molar-refractivity contribution in [2.24, 2.45) is 17.6 Å². The molecule has 0 radical (unpaired) electrons. The molecule has 0 saturated carbocycles. The van der Waals surface area contributed by atoms with Crippen molar-refractivity contribution in [1.29, 1.82) is 0 Å². The molecule has 1 heterocycles. The molecule has 3 atom stereocenters. The minimum Gasteiger partial charge on any atom is -0.481 e. The smallest absolute Gasteiger partial charge is 0.311 e. The number of carbonyl (C=O) groups excluding carboxylic acids is 1. The number of nitrogens with two attached hydrogens (primary N) is 1. The van der Waals surface area contributed by atoms with Gasteiger partial charge in [0.15, 0.2) is 0 Å². The first-order valence-corrected chi connectivity index (χ1v) is 5.37. The van der Waals surface area contributed by atoms with Crippen LogP contribution in [0.1, 0.15) is 13.3 Å². The average Bonchev–Trinajstić information content (AvgIpc) is 2.66. The Morgan fingerprint density at radius 3 is 2.81 bits per heavy atom. The maximum atomic E-state index is 11.6. The largest absolute Gasteiger partial charge is 0.481 e. The number of carbonyl (C=O) groups is 2. The van der Waals surface area contributed by atoms with E-state index in [0.29, 0.717) is 13.0 Å². The molecule has 0 bridgehead atoms. The first-order valence-electron chi connectivity index (χ1n) is 5.37. The first-order chi connectivity index (χ1) is 7.56. The fourth-order valence-electron chi connectivity index (χ4n) is 1.65. The van der Waals surface area contributed by atoms with Gasteiger partial charge >= 0.3 is 5.97 Å². The first kappa shape index (κ1) is 12.9. The lowest BCUT2D eigenvalue weighted by Gasteiger charge is -2.18. The van der Waals surface area contributed by atoms with E-state index in [9.17, 15) is 9.59 Å². The Bertz CT molecular complexity index is 270. The van der Waals surface area contributed by atoms with Crippen LogP contribution in [0.4, 0.5) is 0 Å². The van der Waals surface area contributed by atoms with E-state index in [1.165, 1.54) is 0 Å². The zero-order valence-corrected chi connectivity index (χ0v) is 9.31. The molecule has 0 spiro atoms. The topological polar surface area (TPSA) is 102 Å². The van der Waals surface area contributed by atoms with Gasteiger partial charge in [0.25, 0.3) is 0 Å². The third kappa shape index (κ3) is 3.18. The lowest BCUT2D eigenvalue weighted by molar-refractivity contribution is -0.142. The van der Waals surface area contributed by atoms with E-state index >= 15 is 0 Å². The molecular formula is C10H18N2O4. The van der Waals surface area contributed by atoms with E-state index in [-0.39, 0.29) is 25.0 Å². The van der Waals surface area contributed by atoms with E-state index in [4.69, 9.17) is 15.6 Å². The van der Waals surface area contributed by atoms with Crippen LogP contribution < -0.4 is 11.1 Å². The van der Waals surface area contributed by atoms with Gasteiger partial charge in [0.1, 0.15) is 5.92 Å². The molecule has 3 unspecified atom stereocenters. The molecule has 1 aliphatic heterocycles. The third-order valence-corrected chi connectivity index (χ3v) is 2.77. The highest BCUT2D eigenvalue weighted by molar-refractivity contribution is 5.80. The van der Waals surface area contributed by atoms with Crippen molar-refractivity contribution in [3.63, 3.8) is 0 Å². The minimum absolute atomic E-state index is 0.158. The van der Waals surface area contributed by atoms with Crippen LogP contribution in [-0.4, -0.2) is 42.8 Å². The molecule has 1 amide bonds. The molecule has 4 N–H and O–H groups in total. The summed E-state index contributed by atoms with van der Waals surface area (Å²) in [6.07, 6.45) is 0.594. The summed E-state index contributed by atoms with van der Waals surface area (Å²) >= 11 is 0.